The largest absolute Gasteiger partial charge is 0.361 e. The Hall–Kier alpha value is -1.28. The van der Waals surface area contributed by atoms with Gasteiger partial charge in [-0.1, -0.05) is 32.0 Å². The predicted molar refractivity (Wildman–Crippen MR) is 131 cm³/mol. The summed E-state index contributed by atoms with van der Waals surface area (Å²) in [6.45, 7) is 10.2. The first-order valence-electron chi connectivity index (χ1n) is 10.4. The van der Waals surface area contributed by atoms with Crippen molar-refractivity contribution in [3.05, 3.63) is 36.0 Å². The number of piperidine rings is 1. The molecule has 1 atom stereocenters. The zero-order valence-corrected chi connectivity index (χ0v) is 19.8. The summed E-state index contributed by atoms with van der Waals surface area (Å²) >= 11 is 0. The minimum atomic E-state index is 0. The Labute approximate surface area is 186 Å². The highest BCUT2D eigenvalue weighted by molar-refractivity contribution is 14.0. The predicted octanol–water partition coefficient (Wildman–Crippen LogP) is 3.86. The van der Waals surface area contributed by atoms with Crippen molar-refractivity contribution in [3.63, 3.8) is 0 Å². The van der Waals surface area contributed by atoms with Crippen LogP contribution in [-0.4, -0.2) is 55.6 Å². The Morgan fingerprint density at radius 2 is 2.11 bits per heavy atom. The van der Waals surface area contributed by atoms with Gasteiger partial charge in [0.25, 0.3) is 0 Å². The van der Waals surface area contributed by atoms with Gasteiger partial charge >= 0.3 is 0 Å². The first-order chi connectivity index (χ1) is 13.2. The van der Waals surface area contributed by atoms with Gasteiger partial charge in [-0.2, -0.15) is 0 Å². The fourth-order valence-corrected chi connectivity index (χ4v) is 4.12. The van der Waals surface area contributed by atoms with E-state index >= 15 is 0 Å². The van der Waals surface area contributed by atoms with Crippen LogP contribution in [0.5, 0.6) is 0 Å². The van der Waals surface area contributed by atoms with Gasteiger partial charge in [-0.25, -0.2) is 0 Å². The monoisotopic (exact) mass is 497 g/mol. The van der Waals surface area contributed by atoms with Crippen molar-refractivity contribution in [2.75, 3.05) is 39.8 Å². The number of H-pyrrole nitrogens is 1. The van der Waals surface area contributed by atoms with E-state index in [9.17, 15) is 0 Å². The van der Waals surface area contributed by atoms with Crippen LogP contribution in [-0.2, 0) is 6.42 Å². The molecular weight excluding hydrogens is 461 g/mol. The van der Waals surface area contributed by atoms with E-state index in [1.807, 2.05) is 7.05 Å². The maximum Gasteiger partial charge on any atom is 0.190 e. The van der Waals surface area contributed by atoms with Gasteiger partial charge in [-0.05, 0) is 49.3 Å². The molecule has 1 unspecified atom stereocenters. The van der Waals surface area contributed by atoms with E-state index in [0.29, 0.717) is 5.92 Å². The lowest BCUT2D eigenvalue weighted by Gasteiger charge is -2.34. The van der Waals surface area contributed by atoms with Gasteiger partial charge in [0, 0.05) is 50.3 Å². The van der Waals surface area contributed by atoms with Gasteiger partial charge in [0.15, 0.2) is 5.96 Å². The molecule has 6 heteroatoms. The summed E-state index contributed by atoms with van der Waals surface area (Å²) < 4.78 is 0. The molecule has 1 aliphatic heterocycles. The van der Waals surface area contributed by atoms with Crippen LogP contribution in [0.2, 0.25) is 0 Å². The lowest BCUT2D eigenvalue weighted by atomic mass is 9.97. The first-order valence-corrected chi connectivity index (χ1v) is 10.4. The second-order valence-electron chi connectivity index (χ2n) is 8.15. The third kappa shape index (κ3) is 6.65. The second kappa shape index (κ2) is 11.7. The number of guanidine groups is 1. The summed E-state index contributed by atoms with van der Waals surface area (Å²) in [6.07, 6.45) is 5.73. The number of nitrogens with one attached hydrogen (secondary N) is 3. The summed E-state index contributed by atoms with van der Waals surface area (Å²) in [5.74, 6) is 2.37. The highest BCUT2D eigenvalue weighted by Gasteiger charge is 2.20. The van der Waals surface area contributed by atoms with E-state index in [1.54, 1.807) is 0 Å². The number of hydrogen-bond donors (Lipinski definition) is 3. The number of aliphatic imine (C=N–C) groups is 1. The fourth-order valence-electron chi connectivity index (χ4n) is 4.12. The number of hydrogen-bond acceptors (Lipinski definition) is 2. The summed E-state index contributed by atoms with van der Waals surface area (Å²) in [7, 11) is 1.85. The van der Waals surface area contributed by atoms with Gasteiger partial charge in [0.2, 0.25) is 0 Å². The molecule has 1 aromatic heterocycles. The topological polar surface area (TPSA) is 55.5 Å². The Morgan fingerprint density at radius 3 is 2.89 bits per heavy atom. The molecule has 1 saturated heterocycles. The summed E-state index contributed by atoms with van der Waals surface area (Å²) in [6, 6.07) is 8.47. The summed E-state index contributed by atoms with van der Waals surface area (Å²) in [5, 5.41) is 8.32. The molecule has 156 valence electrons. The molecule has 2 aromatic rings. The molecule has 5 nitrogen and oxygen atoms in total. The standard InChI is InChI=1S/C22H35N5.HI/c1-17(2)15-27-12-6-7-18(16-27)13-26-22(23-3)24-11-10-19-14-25-21-9-5-4-8-20(19)21;/h4-5,8-9,14,17-18,25H,6-7,10-13,15-16H2,1-3H3,(H2,23,24,26);1H. The maximum absolute atomic E-state index is 4.39. The van der Waals surface area contributed by atoms with Crippen LogP contribution in [0, 0.1) is 11.8 Å². The molecule has 3 rings (SSSR count). The normalized spacial score (nSPS) is 18.3. The molecule has 0 aliphatic carbocycles. The third-order valence-electron chi connectivity index (χ3n) is 5.37. The number of fused-ring (bicyclic) bond motifs is 1. The van der Waals surface area contributed by atoms with Crippen molar-refractivity contribution in [1.29, 1.82) is 0 Å². The van der Waals surface area contributed by atoms with Crippen LogP contribution < -0.4 is 10.6 Å². The maximum atomic E-state index is 4.39. The molecule has 0 spiro atoms. The van der Waals surface area contributed by atoms with Crippen LogP contribution in [0.3, 0.4) is 0 Å². The van der Waals surface area contributed by atoms with Crippen LogP contribution in [0.1, 0.15) is 32.3 Å². The van der Waals surface area contributed by atoms with Gasteiger partial charge in [-0.15, -0.1) is 24.0 Å². The molecule has 2 heterocycles. The zero-order valence-electron chi connectivity index (χ0n) is 17.5. The van der Waals surface area contributed by atoms with E-state index in [-0.39, 0.29) is 24.0 Å². The summed E-state index contributed by atoms with van der Waals surface area (Å²) in [5.41, 5.74) is 2.56. The lowest BCUT2D eigenvalue weighted by molar-refractivity contribution is 0.159. The second-order valence-corrected chi connectivity index (χ2v) is 8.15. The van der Waals surface area contributed by atoms with Crippen molar-refractivity contribution in [2.45, 2.75) is 33.1 Å². The molecule has 0 amide bonds. The van der Waals surface area contributed by atoms with Crippen LogP contribution in [0.25, 0.3) is 10.9 Å². The Balaban J connectivity index is 0.00000280. The molecule has 1 aliphatic rings. The number of nitrogens with zero attached hydrogens (tertiary/aromatic N) is 2. The molecule has 0 bridgehead atoms. The molecule has 1 aromatic carbocycles. The van der Waals surface area contributed by atoms with E-state index in [1.165, 1.54) is 48.9 Å². The van der Waals surface area contributed by atoms with Crippen molar-refractivity contribution in [3.8, 4) is 0 Å². The van der Waals surface area contributed by atoms with E-state index in [4.69, 9.17) is 0 Å². The molecule has 0 radical (unpaired) electrons. The molecule has 28 heavy (non-hydrogen) atoms. The van der Waals surface area contributed by atoms with Crippen LogP contribution in [0.15, 0.2) is 35.5 Å². The van der Waals surface area contributed by atoms with Crippen molar-refractivity contribution in [1.82, 2.24) is 20.5 Å². The van der Waals surface area contributed by atoms with E-state index in [0.717, 1.165) is 31.4 Å². The Kier molecular flexibility index (Phi) is 9.58. The highest BCUT2D eigenvalue weighted by Crippen LogP contribution is 2.18. The summed E-state index contributed by atoms with van der Waals surface area (Å²) in [4.78, 5) is 10.4. The SMILES string of the molecule is CN=C(NCCc1c[nH]c2ccccc12)NCC1CCCN(CC(C)C)C1.I. The number of aromatic nitrogens is 1. The highest BCUT2D eigenvalue weighted by atomic mass is 127. The number of rotatable bonds is 7. The Morgan fingerprint density at radius 1 is 1.29 bits per heavy atom. The van der Waals surface area contributed by atoms with Gasteiger partial charge in [0.1, 0.15) is 0 Å². The average molecular weight is 497 g/mol. The third-order valence-corrected chi connectivity index (χ3v) is 5.37. The van der Waals surface area contributed by atoms with E-state index in [2.05, 4.69) is 69.8 Å². The minimum Gasteiger partial charge on any atom is -0.361 e. The molecular formula is C22H36IN5. The van der Waals surface area contributed by atoms with Gasteiger partial charge in [-0.3, -0.25) is 4.99 Å². The number of benzene rings is 1. The lowest BCUT2D eigenvalue weighted by Crippen LogP contribution is -2.45. The van der Waals surface area contributed by atoms with Crippen molar-refractivity contribution < 1.29 is 0 Å². The number of aromatic amines is 1. The quantitative estimate of drug-likeness (QED) is 0.310. The minimum absolute atomic E-state index is 0. The number of likely N-dealkylation sites (tertiary alicyclic amines) is 1. The van der Waals surface area contributed by atoms with Crippen molar-refractivity contribution in [2.24, 2.45) is 16.8 Å². The Bertz CT molecular complexity index is 739. The smallest absolute Gasteiger partial charge is 0.190 e. The van der Waals surface area contributed by atoms with Crippen LogP contribution in [0.4, 0.5) is 0 Å². The molecule has 1 fully saturated rings. The fraction of sp³-hybridized carbons (Fsp3) is 0.591. The molecule has 0 saturated carbocycles. The number of para-hydroxylation sites is 1. The first kappa shape index (κ1) is 23.0. The van der Waals surface area contributed by atoms with Gasteiger partial charge in [0.05, 0.1) is 0 Å². The zero-order chi connectivity index (χ0) is 19.1. The number of halogens is 1. The van der Waals surface area contributed by atoms with Crippen molar-refractivity contribution >= 4 is 40.8 Å². The van der Waals surface area contributed by atoms with Crippen LogP contribution >= 0.6 is 24.0 Å². The average Bonchev–Trinajstić information content (AvgIpc) is 3.07. The molecule has 3 N–H and O–H groups in total. The van der Waals surface area contributed by atoms with E-state index < -0.39 is 0 Å². The van der Waals surface area contributed by atoms with Gasteiger partial charge < -0.3 is 20.5 Å².